The Kier molecular flexibility index (Phi) is 7.02. The van der Waals surface area contributed by atoms with E-state index in [0.717, 1.165) is 10.5 Å². The number of benzene rings is 3. The Bertz CT molecular complexity index is 1360. The zero-order valence-electron chi connectivity index (χ0n) is 18.5. The van der Waals surface area contributed by atoms with Gasteiger partial charge in [0.2, 0.25) is 15.9 Å². The van der Waals surface area contributed by atoms with Gasteiger partial charge in [0.15, 0.2) is 0 Å². The molecule has 0 radical (unpaired) electrons. The highest BCUT2D eigenvalue weighted by Crippen LogP contribution is 2.27. The van der Waals surface area contributed by atoms with Gasteiger partial charge in [0, 0.05) is 17.1 Å². The largest absolute Gasteiger partial charge is 0.326 e. The lowest BCUT2D eigenvalue weighted by atomic mass is 10.1. The Labute approximate surface area is 208 Å². The molecule has 4 rings (SSSR count). The highest BCUT2D eigenvalue weighted by Gasteiger charge is 2.44. The van der Waals surface area contributed by atoms with E-state index >= 15 is 0 Å². The minimum Gasteiger partial charge on any atom is -0.326 e. The molecule has 0 bridgehead atoms. The molecule has 1 heterocycles. The van der Waals surface area contributed by atoms with E-state index in [1.165, 1.54) is 17.0 Å². The van der Waals surface area contributed by atoms with E-state index in [-0.39, 0.29) is 17.9 Å². The number of nitrogens with zero attached hydrogens (tertiary/aromatic N) is 2. The smallest absolute Gasteiger partial charge is 0.257 e. The van der Waals surface area contributed by atoms with Crippen molar-refractivity contribution in [2.75, 3.05) is 11.4 Å². The van der Waals surface area contributed by atoms with Gasteiger partial charge in [0.05, 0.1) is 17.0 Å². The Morgan fingerprint density at radius 2 is 1.60 bits per heavy atom. The van der Waals surface area contributed by atoms with Gasteiger partial charge in [-0.1, -0.05) is 41.9 Å². The summed E-state index contributed by atoms with van der Waals surface area (Å²) in [7, 11) is -3.83. The van der Waals surface area contributed by atoms with Gasteiger partial charge in [-0.15, -0.1) is 0 Å². The number of hydrogen-bond acceptors (Lipinski definition) is 5. The lowest BCUT2D eigenvalue weighted by Gasteiger charge is -2.28. The van der Waals surface area contributed by atoms with Crippen molar-refractivity contribution in [3.05, 3.63) is 95.0 Å². The molecule has 0 aromatic heterocycles. The summed E-state index contributed by atoms with van der Waals surface area (Å²) < 4.78 is 23.0. The van der Waals surface area contributed by atoms with Crippen molar-refractivity contribution < 1.29 is 22.8 Å². The van der Waals surface area contributed by atoms with E-state index in [9.17, 15) is 22.8 Å². The molecular weight excluding hydrogens is 490 g/mol. The first-order chi connectivity index (χ1) is 16.6. The molecule has 8 nitrogen and oxygen atoms in total. The second-order valence-corrected chi connectivity index (χ2v) is 10.1. The fourth-order valence-corrected chi connectivity index (χ4v) is 4.60. The molecule has 0 spiro atoms. The zero-order chi connectivity index (χ0) is 25.2. The van der Waals surface area contributed by atoms with Crippen LogP contribution in [-0.2, 0) is 26.0 Å². The third-order valence-corrected chi connectivity index (χ3v) is 6.94. The van der Waals surface area contributed by atoms with E-state index in [2.05, 4.69) is 0 Å². The number of carbonyl (C=O) groups excluding carboxylic acids is 3. The third kappa shape index (κ3) is 5.43. The predicted octanol–water partition coefficient (Wildman–Crippen LogP) is 3.00. The molecule has 1 aliphatic rings. The normalized spacial score (nSPS) is 15.9. The van der Waals surface area contributed by atoms with E-state index in [4.69, 9.17) is 16.7 Å². The monoisotopic (exact) mass is 511 g/mol. The van der Waals surface area contributed by atoms with Gasteiger partial charge < -0.3 is 4.90 Å². The summed E-state index contributed by atoms with van der Waals surface area (Å²) in [5.41, 5.74) is 1.52. The van der Waals surface area contributed by atoms with Crippen LogP contribution >= 0.6 is 11.6 Å². The molecule has 0 aliphatic carbocycles. The van der Waals surface area contributed by atoms with Crippen LogP contribution in [0, 0.1) is 0 Å². The topological polar surface area (TPSA) is 118 Å². The summed E-state index contributed by atoms with van der Waals surface area (Å²) >= 11 is 5.96. The molecule has 1 aliphatic heterocycles. The summed E-state index contributed by atoms with van der Waals surface area (Å²) in [5.74, 6) is -1.28. The summed E-state index contributed by atoms with van der Waals surface area (Å²) in [4.78, 5) is 42.0. The number of hydrogen-bond donors (Lipinski definition) is 1. The highest BCUT2D eigenvalue weighted by molar-refractivity contribution is 7.89. The van der Waals surface area contributed by atoms with Crippen LogP contribution in [0.4, 0.5) is 5.69 Å². The van der Waals surface area contributed by atoms with Crippen LogP contribution in [0.1, 0.15) is 22.3 Å². The van der Waals surface area contributed by atoms with Crippen molar-refractivity contribution in [3.8, 4) is 0 Å². The van der Waals surface area contributed by atoms with E-state index in [1.807, 2.05) is 0 Å². The molecule has 1 atom stereocenters. The summed E-state index contributed by atoms with van der Waals surface area (Å²) in [5, 5.41) is 5.61. The molecule has 1 fully saturated rings. The van der Waals surface area contributed by atoms with Gasteiger partial charge in [-0.05, 0) is 60.5 Å². The number of rotatable bonds is 7. The molecule has 3 aromatic carbocycles. The van der Waals surface area contributed by atoms with Gasteiger partial charge >= 0.3 is 0 Å². The SMILES string of the molecule is NS(=O)(=O)c1ccc(CCN(C(=O)c2ccc(Cl)cc2)C2CC(=O)N(c3ccccc3)C2=O)cc1. The van der Waals surface area contributed by atoms with Crippen molar-refractivity contribution in [1.82, 2.24) is 4.90 Å². The van der Waals surface area contributed by atoms with Gasteiger partial charge in [0.1, 0.15) is 6.04 Å². The summed E-state index contributed by atoms with van der Waals surface area (Å²) in [6, 6.07) is 19.8. The Balaban J connectivity index is 1.61. The molecule has 3 amide bonds. The number of sulfonamides is 1. The standard InChI is InChI=1S/C25H22ClN3O5S/c26-19-10-8-18(9-11-19)24(31)28(15-14-17-6-12-21(13-7-17)35(27,33)34)22-16-23(30)29(25(22)32)20-4-2-1-3-5-20/h1-13,22H,14-16H2,(H2,27,33,34). The maximum absolute atomic E-state index is 13.5. The molecule has 3 aromatic rings. The van der Waals surface area contributed by atoms with Crippen molar-refractivity contribution in [1.29, 1.82) is 0 Å². The van der Waals surface area contributed by atoms with Crippen LogP contribution in [0.5, 0.6) is 0 Å². The highest BCUT2D eigenvalue weighted by atomic mass is 35.5. The van der Waals surface area contributed by atoms with Gasteiger partial charge in [-0.3, -0.25) is 14.4 Å². The van der Waals surface area contributed by atoms with E-state index in [1.54, 1.807) is 66.7 Å². The zero-order valence-corrected chi connectivity index (χ0v) is 20.1. The lowest BCUT2D eigenvalue weighted by molar-refractivity contribution is -0.122. The molecular formula is C25H22ClN3O5S. The van der Waals surface area contributed by atoms with Gasteiger partial charge in [-0.2, -0.15) is 0 Å². The van der Waals surface area contributed by atoms with Crippen LogP contribution in [0.2, 0.25) is 5.02 Å². The number of anilines is 1. The number of halogens is 1. The third-order valence-electron chi connectivity index (χ3n) is 5.76. The predicted molar refractivity (Wildman–Crippen MR) is 131 cm³/mol. The van der Waals surface area contributed by atoms with Crippen molar-refractivity contribution in [3.63, 3.8) is 0 Å². The first kappa shape index (κ1) is 24.6. The molecule has 2 N–H and O–H groups in total. The van der Waals surface area contributed by atoms with Crippen LogP contribution in [0.25, 0.3) is 0 Å². The van der Waals surface area contributed by atoms with Crippen LogP contribution in [0.15, 0.2) is 83.8 Å². The summed E-state index contributed by atoms with van der Waals surface area (Å²) in [6.07, 6.45) is 0.185. The lowest BCUT2D eigenvalue weighted by Crippen LogP contribution is -2.46. The molecule has 1 saturated heterocycles. The second kappa shape index (κ2) is 9.99. The van der Waals surface area contributed by atoms with Crippen molar-refractivity contribution >= 4 is 45.0 Å². The maximum atomic E-state index is 13.5. The van der Waals surface area contributed by atoms with Crippen molar-refractivity contribution in [2.24, 2.45) is 5.14 Å². The molecule has 0 saturated carbocycles. The Morgan fingerprint density at radius 1 is 0.971 bits per heavy atom. The Hall–Kier alpha value is -3.53. The number of amides is 3. The quantitative estimate of drug-likeness (QED) is 0.489. The maximum Gasteiger partial charge on any atom is 0.257 e. The number of para-hydroxylation sites is 1. The fraction of sp³-hybridized carbons (Fsp3) is 0.160. The number of primary sulfonamides is 1. The first-order valence-electron chi connectivity index (χ1n) is 10.8. The minimum absolute atomic E-state index is 0.0228. The van der Waals surface area contributed by atoms with Crippen LogP contribution < -0.4 is 10.0 Å². The van der Waals surface area contributed by atoms with Crippen molar-refractivity contribution in [2.45, 2.75) is 23.8 Å². The number of nitrogens with two attached hydrogens (primary N) is 1. The molecule has 35 heavy (non-hydrogen) atoms. The van der Waals surface area contributed by atoms with E-state index in [0.29, 0.717) is 22.7 Å². The minimum atomic E-state index is -3.83. The van der Waals surface area contributed by atoms with E-state index < -0.39 is 33.8 Å². The van der Waals surface area contributed by atoms with Gasteiger partial charge in [0.25, 0.3) is 11.8 Å². The molecule has 180 valence electrons. The number of carbonyl (C=O) groups is 3. The average molecular weight is 512 g/mol. The Morgan fingerprint density at radius 3 is 2.20 bits per heavy atom. The molecule has 10 heteroatoms. The van der Waals surface area contributed by atoms with Crippen LogP contribution in [-0.4, -0.2) is 43.6 Å². The fourth-order valence-electron chi connectivity index (χ4n) is 3.96. The van der Waals surface area contributed by atoms with Crippen LogP contribution in [0.3, 0.4) is 0 Å². The number of imide groups is 1. The van der Waals surface area contributed by atoms with Gasteiger partial charge in [-0.25, -0.2) is 18.5 Å². The second-order valence-electron chi connectivity index (χ2n) is 8.07. The average Bonchev–Trinajstić information content (AvgIpc) is 3.13. The molecule has 1 unspecified atom stereocenters. The first-order valence-corrected chi connectivity index (χ1v) is 12.7. The summed E-state index contributed by atoms with van der Waals surface area (Å²) in [6.45, 7) is 0.127.